The zero-order valence-corrected chi connectivity index (χ0v) is 17.4. The molecule has 7 nitrogen and oxygen atoms in total. The lowest BCUT2D eigenvalue weighted by Crippen LogP contribution is -2.66. The quantitative estimate of drug-likeness (QED) is 0.593. The van der Waals surface area contributed by atoms with Gasteiger partial charge in [-0.2, -0.15) is 0 Å². The molecule has 1 aliphatic carbocycles. The third kappa shape index (κ3) is 3.73. The number of halogens is 2. The average Bonchev–Trinajstić information content (AvgIpc) is 2.63. The van der Waals surface area contributed by atoms with Gasteiger partial charge < -0.3 is 15.7 Å². The summed E-state index contributed by atoms with van der Waals surface area (Å²) in [5.41, 5.74) is -0.437. The maximum Gasteiger partial charge on any atom is 0.232 e. The third-order valence-corrected chi connectivity index (χ3v) is 6.12. The molecule has 0 spiro atoms. The SMILES string of the molecule is CC1(O)CC(N2C(=N)N[C@](C)(c3cccc(Nc4ccc(F)cn4)c3Cl)CC2=O)C1. The first-order valence-electron chi connectivity index (χ1n) is 9.67. The standard InChI is InChI=1S/C21H23ClFN5O2/c1-20(30)8-13(9-20)28-17(29)10-21(2,27-19(28)24)14-4-3-5-15(18(14)22)26-16-7-6-12(23)11-25-16/h3-7,11,13,30H,8-10H2,1-2H3,(H2,24,27)(H,25,26)/t13?,20?,21-/m0/s1. The molecule has 0 bridgehead atoms. The second-order valence-electron chi connectivity index (χ2n) is 8.46. The van der Waals surface area contributed by atoms with Crippen molar-refractivity contribution in [3.05, 3.63) is 52.9 Å². The fourth-order valence-corrected chi connectivity index (χ4v) is 4.59. The van der Waals surface area contributed by atoms with E-state index in [4.69, 9.17) is 17.0 Å². The number of anilines is 2. The van der Waals surface area contributed by atoms with Gasteiger partial charge in [0.05, 0.1) is 34.5 Å². The molecule has 4 rings (SSSR count). The first-order valence-corrected chi connectivity index (χ1v) is 10.0. The summed E-state index contributed by atoms with van der Waals surface area (Å²) in [6, 6.07) is 7.99. The summed E-state index contributed by atoms with van der Waals surface area (Å²) in [6.45, 7) is 3.56. The molecule has 1 saturated carbocycles. The average molecular weight is 432 g/mol. The number of benzene rings is 1. The van der Waals surface area contributed by atoms with Crippen molar-refractivity contribution < 1.29 is 14.3 Å². The van der Waals surface area contributed by atoms with Gasteiger partial charge in [0.2, 0.25) is 5.91 Å². The number of carbonyl (C=O) groups is 1. The maximum atomic E-state index is 13.1. The summed E-state index contributed by atoms with van der Waals surface area (Å²) < 4.78 is 13.1. The van der Waals surface area contributed by atoms with Gasteiger partial charge in [0.25, 0.3) is 0 Å². The van der Waals surface area contributed by atoms with Crippen LogP contribution in [0.25, 0.3) is 0 Å². The normalized spacial score (nSPS) is 28.7. The molecule has 2 heterocycles. The number of nitrogens with zero attached hydrogens (tertiary/aromatic N) is 2. The Kier molecular flexibility index (Phi) is 4.94. The minimum absolute atomic E-state index is 0.00359. The van der Waals surface area contributed by atoms with Gasteiger partial charge in [-0.15, -0.1) is 0 Å². The van der Waals surface area contributed by atoms with E-state index in [1.807, 2.05) is 13.0 Å². The monoisotopic (exact) mass is 431 g/mol. The molecule has 1 aromatic carbocycles. The van der Waals surface area contributed by atoms with Gasteiger partial charge >= 0.3 is 0 Å². The van der Waals surface area contributed by atoms with E-state index in [0.717, 1.165) is 6.20 Å². The van der Waals surface area contributed by atoms with Crippen molar-refractivity contribution in [3.8, 4) is 0 Å². The van der Waals surface area contributed by atoms with E-state index < -0.39 is 17.0 Å². The summed E-state index contributed by atoms with van der Waals surface area (Å²) in [6.07, 6.45) is 2.12. The zero-order valence-electron chi connectivity index (χ0n) is 16.7. The molecular weight excluding hydrogens is 409 g/mol. The Balaban J connectivity index is 1.57. The van der Waals surface area contributed by atoms with Gasteiger partial charge in [-0.1, -0.05) is 23.7 Å². The van der Waals surface area contributed by atoms with Gasteiger partial charge in [0.1, 0.15) is 11.6 Å². The highest BCUT2D eigenvalue weighted by Crippen LogP contribution is 2.41. The summed E-state index contributed by atoms with van der Waals surface area (Å²) >= 11 is 6.65. The van der Waals surface area contributed by atoms with Crippen molar-refractivity contribution in [1.29, 1.82) is 5.41 Å². The van der Waals surface area contributed by atoms with Crippen LogP contribution in [0.5, 0.6) is 0 Å². The van der Waals surface area contributed by atoms with Crippen LogP contribution in [-0.2, 0) is 10.3 Å². The lowest BCUT2D eigenvalue weighted by Gasteiger charge is -2.50. The Hall–Kier alpha value is -2.71. The van der Waals surface area contributed by atoms with Gasteiger partial charge in [-0.3, -0.25) is 15.1 Å². The highest BCUT2D eigenvalue weighted by molar-refractivity contribution is 6.34. The number of hydrogen-bond acceptors (Lipinski definition) is 5. The number of carbonyl (C=O) groups excluding carboxylic acids is 1. The number of aromatic nitrogens is 1. The molecule has 30 heavy (non-hydrogen) atoms. The molecule has 1 amide bonds. The molecule has 4 N–H and O–H groups in total. The number of nitrogens with one attached hydrogen (secondary N) is 3. The molecule has 9 heteroatoms. The van der Waals surface area contributed by atoms with Crippen LogP contribution in [0.15, 0.2) is 36.5 Å². The Morgan fingerprint density at radius 3 is 2.67 bits per heavy atom. The fraction of sp³-hybridized carbons (Fsp3) is 0.381. The molecule has 2 aromatic rings. The third-order valence-electron chi connectivity index (χ3n) is 5.71. The zero-order chi connectivity index (χ0) is 21.7. The van der Waals surface area contributed by atoms with Gasteiger partial charge in [-0.25, -0.2) is 9.37 Å². The van der Waals surface area contributed by atoms with Crippen molar-refractivity contribution in [3.63, 3.8) is 0 Å². The topological polar surface area (TPSA) is 101 Å². The largest absolute Gasteiger partial charge is 0.390 e. The van der Waals surface area contributed by atoms with Crippen LogP contribution < -0.4 is 10.6 Å². The van der Waals surface area contributed by atoms with Crippen LogP contribution in [0.2, 0.25) is 5.02 Å². The number of rotatable bonds is 4. The minimum Gasteiger partial charge on any atom is -0.390 e. The van der Waals surface area contributed by atoms with E-state index in [0.29, 0.717) is 34.9 Å². The Labute approximate surface area is 178 Å². The molecule has 0 radical (unpaired) electrons. The second kappa shape index (κ2) is 7.21. The smallest absolute Gasteiger partial charge is 0.232 e. The molecule has 158 valence electrons. The van der Waals surface area contributed by atoms with Crippen LogP contribution >= 0.6 is 11.6 Å². The molecule has 1 aliphatic heterocycles. The number of aliphatic hydroxyl groups is 1. The van der Waals surface area contributed by atoms with E-state index in [-0.39, 0.29) is 24.3 Å². The van der Waals surface area contributed by atoms with Gasteiger partial charge in [0.15, 0.2) is 5.96 Å². The first-order chi connectivity index (χ1) is 14.1. The van der Waals surface area contributed by atoms with Crippen LogP contribution in [0.4, 0.5) is 15.9 Å². The first kappa shape index (κ1) is 20.6. The van der Waals surface area contributed by atoms with Crippen LogP contribution in [0.3, 0.4) is 0 Å². The van der Waals surface area contributed by atoms with Crippen LogP contribution in [-0.4, -0.2) is 38.5 Å². The number of guanidine groups is 1. The van der Waals surface area contributed by atoms with Crippen LogP contribution in [0, 0.1) is 11.2 Å². The lowest BCUT2D eigenvalue weighted by molar-refractivity contribution is -0.139. The summed E-state index contributed by atoms with van der Waals surface area (Å²) in [5, 5.41) is 25.0. The van der Waals surface area contributed by atoms with Gasteiger partial charge in [-0.05, 0) is 50.5 Å². The fourth-order valence-electron chi connectivity index (χ4n) is 4.21. The molecule has 2 fully saturated rings. The Morgan fingerprint density at radius 2 is 2.07 bits per heavy atom. The van der Waals surface area contributed by atoms with E-state index >= 15 is 0 Å². The van der Waals surface area contributed by atoms with Crippen molar-refractivity contribution in [1.82, 2.24) is 15.2 Å². The summed E-state index contributed by atoms with van der Waals surface area (Å²) in [4.78, 5) is 18.3. The highest BCUT2D eigenvalue weighted by Gasteiger charge is 2.49. The van der Waals surface area contributed by atoms with Crippen molar-refractivity contribution >= 4 is 35.0 Å². The molecule has 0 unspecified atom stereocenters. The van der Waals surface area contributed by atoms with Crippen molar-refractivity contribution in [2.24, 2.45) is 0 Å². The molecular formula is C21H23ClFN5O2. The Morgan fingerprint density at radius 1 is 1.33 bits per heavy atom. The predicted molar refractivity (Wildman–Crippen MR) is 112 cm³/mol. The highest BCUT2D eigenvalue weighted by atomic mass is 35.5. The van der Waals surface area contributed by atoms with E-state index in [9.17, 15) is 14.3 Å². The summed E-state index contributed by atoms with van der Waals surface area (Å²) in [7, 11) is 0. The molecule has 1 aromatic heterocycles. The maximum absolute atomic E-state index is 13.1. The molecule has 1 saturated heterocycles. The predicted octanol–water partition coefficient (Wildman–Crippen LogP) is 3.50. The van der Waals surface area contributed by atoms with Gasteiger partial charge in [0, 0.05) is 6.04 Å². The van der Waals surface area contributed by atoms with Crippen molar-refractivity contribution in [2.45, 2.75) is 50.3 Å². The van der Waals surface area contributed by atoms with Crippen LogP contribution in [0.1, 0.15) is 38.7 Å². The summed E-state index contributed by atoms with van der Waals surface area (Å²) in [5.74, 6) is -0.182. The Bertz CT molecular complexity index is 985. The lowest BCUT2D eigenvalue weighted by atomic mass is 9.75. The number of amides is 1. The molecule has 2 aliphatic rings. The second-order valence-corrected chi connectivity index (χ2v) is 8.84. The van der Waals surface area contributed by atoms with E-state index in [2.05, 4.69) is 15.6 Å². The van der Waals surface area contributed by atoms with Crippen molar-refractivity contribution in [2.75, 3.05) is 5.32 Å². The van der Waals surface area contributed by atoms with E-state index in [1.165, 1.54) is 17.0 Å². The number of hydrogen-bond donors (Lipinski definition) is 4. The minimum atomic E-state index is -0.873. The number of pyridine rings is 1. The van der Waals surface area contributed by atoms with E-state index in [1.54, 1.807) is 19.1 Å². The molecule has 1 atom stereocenters.